The van der Waals surface area contributed by atoms with E-state index in [1.807, 2.05) is 0 Å². The normalized spacial score (nSPS) is 23.3. The SMILES string of the molecule is CC(C)(C)CNC[C@H]1CCC(=O)N1. The van der Waals surface area contributed by atoms with Gasteiger partial charge in [0, 0.05) is 25.6 Å². The Labute approximate surface area is 80.3 Å². The quantitative estimate of drug-likeness (QED) is 0.684. The summed E-state index contributed by atoms with van der Waals surface area (Å²) in [5, 5.41) is 6.31. The Balaban J connectivity index is 2.10. The van der Waals surface area contributed by atoms with Gasteiger partial charge in [-0.15, -0.1) is 0 Å². The van der Waals surface area contributed by atoms with Gasteiger partial charge in [-0.25, -0.2) is 0 Å². The lowest BCUT2D eigenvalue weighted by Crippen LogP contribution is -2.38. The van der Waals surface area contributed by atoms with E-state index in [0.29, 0.717) is 17.9 Å². The largest absolute Gasteiger partial charge is 0.352 e. The summed E-state index contributed by atoms with van der Waals surface area (Å²) in [5.41, 5.74) is 0.322. The first kappa shape index (κ1) is 10.5. The Hall–Kier alpha value is -0.570. The van der Waals surface area contributed by atoms with Gasteiger partial charge < -0.3 is 10.6 Å². The summed E-state index contributed by atoms with van der Waals surface area (Å²) in [6.45, 7) is 8.51. The Kier molecular flexibility index (Phi) is 3.31. The van der Waals surface area contributed by atoms with Crippen LogP contribution < -0.4 is 10.6 Å². The third-order valence-corrected chi connectivity index (χ3v) is 2.13. The fraction of sp³-hybridized carbons (Fsp3) is 0.900. The minimum atomic E-state index is 0.197. The zero-order chi connectivity index (χ0) is 9.90. The molecular weight excluding hydrogens is 164 g/mol. The maximum absolute atomic E-state index is 10.9. The molecule has 1 atom stereocenters. The molecule has 0 spiro atoms. The minimum absolute atomic E-state index is 0.197. The Bertz CT molecular complexity index is 184. The van der Waals surface area contributed by atoms with Crippen LogP contribution in [0.1, 0.15) is 33.6 Å². The first-order valence-electron chi connectivity index (χ1n) is 4.97. The van der Waals surface area contributed by atoms with Crippen LogP contribution in [0.5, 0.6) is 0 Å². The van der Waals surface area contributed by atoms with E-state index >= 15 is 0 Å². The number of hydrogen-bond acceptors (Lipinski definition) is 2. The van der Waals surface area contributed by atoms with Crippen molar-refractivity contribution in [2.24, 2.45) is 5.41 Å². The summed E-state index contributed by atoms with van der Waals surface area (Å²) in [5.74, 6) is 0.197. The molecule has 1 aliphatic rings. The molecule has 2 N–H and O–H groups in total. The number of carbonyl (C=O) groups excluding carboxylic acids is 1. The van der Waals surface area contributed by atoms with Crippen molar-refractivity contribution >= 4 is 5.91 Å². The van der Waals surface area contributed by atoms with Crippen LogP contribution in [0.2, 0.25) is 0 Å². The van der Waals surface area contributed by atoms with Crippen molar-refractivity contribution in [1.29, 1.82) is 0 Å². The van der Waals surface area contributed by atoms with Crippen LogP contribution in [-0.2, 0) is 4.79 Å². The van der Waals surface area contributed by atoms with E-state index < -0.39 is 0 Å². The van der Waals surface area contributed by atoms with Crippen molar-refractivity contribution in [2.75, 3.05) is 13.1 Å². The molecule has 1 amide bonds. The van der Waals surface area contributed by atoms with E-state index in [1.54, 1.807) is 0 Å². The molecule has 3 heteroatoms. The molecule has 0 saturated carbocycles. The van der Waals surface area contributed by atoms with Gasteiger partial charge in [-0.1, -0.05) is 20.8 Å². The van der Waals surface area contributed by atoms with E-state index in [1.165, 1.54) is 0 Å². The van der Waals surface area contributed by atoms with Gasteiger partial charge in [0.15, 0.2) is 0 Å². The van der Waals surface area contributed by atoms with Crippen LogP contribution >= 0.6 is 0 Å². The van der Waals surface area contributed by atoms with Crippen LogP contribution in [0, 0.1) is 5.41 Å². The Morgan fingerprint density at radius 2 is 2.23 bits per heavy atom. The number of rotatable bonds is 3. The second-order valence-electron chi connectivity index (χ2n) is 4.99. The molecule has 0 aromatic heterocycles. The highest BCUT2D eigenvalue weighted by atomic mass is 16.1. The highest BCUT2D eigenvalue weighted by molar-refractivity contribution is 5.78. The lowest BCUT2D eigenvalue weighted by Gasteiger charge is -2.20. The molecule has 0 aromatic rings. The summed E-state index contributed by atoms with van der Waals surface area (Å²) in [6.07, 6.45) is 1.68. The fourth-order valence-electron chi connectivity index (χ4n) is 1.45. The number of nitrogens with one attached hydrogen (secondary N) is 2. The first-order chi connectivity index (χ1) is 5.97. The monoisotopic (exact) mass is 184 g/mol. The van der Waals surface area contributed by atoms with Crippen LogP contribution in [0.3, 0.4) is 0 Å². The van der Waals surface area contributed by atoms with E-state index in [0.717, 1.165) is 19.5 Å². The highest BCUT2D eigenvalue weighted by Crippen LogP contribution is 2.11. The third kappa shape index (κ3) is 4.27. The molecule has 1 saturated heterocycles. The molecule has 76 valence electrons. The van der Waals surface area contributed by atoms with Gasteiger partial charge >= 0.3 is 0 Å². The van der Waals surface area contributed by atoms with E-state index in [9.17, 15) is 4.79 Å². The van der Waals surface area contributed by atoms with Crippen LogP contribution in [0.15, 0.2) is 0 Å². The highest BCUT2D eigenvalue weighted by Gasteiger charge is 2.20. The minimum Gasteiger partial charge on any atom is -0.352 e. The van der Waals surface area contributed by atoms with Gasteiger partial charge in [0.2, 0.25) is 5.91 Å². The van der Waals surface area contributed by atoms with Crippen molar-refractivity contribution in [3.8, 4) is 0 Å². The number of carbonyl (C=O) groups is 1. The second kappa shape index (κ2) is 4.09. The van der Waals surface area contributed by atoms with Gasteiger partial charge in [0.1, 0.15) is 0 Å². The second-order valence-corrected chi connectivity index (χ2v) is 4.99. The average Bonchev–Trinajstić information content (AvgIpc) is 2.33. The molecule has 0 unspecified atom stereocenters. The van der Waals surface area contributed by atoms with Crippen LogP contribution in [-0.4, -0.2) is 25.0 Å². The molecule has 1 heterocycles. The molecule has 1 rings (SSSR count). The number of amides is 1. The molecular formula is C10H20N2O. The van der Waals surface area contributed by atoms with Crippen LogP contribution in [0.4, 0.5) is 0 Å². The standard InChI is InChI=1S/C10H20N2O/c1-10(2,3)7-11-6-8-4-5-9(13)12-8/h8,11H,4-7H2,1-3H3,(H,12,13)/t8-/m1/s1. The fourth-order valence-corrected chi connectivity index (χ4v) is 1.45. The summed E-state index contributed by atoms with van der Waals surface area (Å²) in [4.78, 5) is 10.9. The lowest BCUT2D eigenvalue weighted by molar-refractivity contribution is -0.119. The molecule has 0 aromatic carbocycles. The summed E-state index contributed by atoms with van der Waals surface area (Å²) >= 11 is 0. The molecule has 0 radical (unpaired) electrons. The number of hydrogen-bond donors (Lipinski definition) is 2. The molecule has 0 aliphatic carbocycles. The predicted molar refractivity (Wildman–Crippen MR) is 53.5 cm³/mol. The maximum Gasteiger partial charge on any atom is 0.220 e. The summed E-state index contributed by atoms with van der Waals surface area (Å²) < 4.78 is 0. The van der Waals surface area contributed by atoms with E-state index in [4.69, 9.17) is 0 Å². The maximum atomic E-state index is 10.9. The van der Waals surface area contributed by atoms with Crippen molar-refractivity contribution in [3.05, 3.63) is 0 Å². The van der Waals surface area contributed by atoms with Gasteiger partial charge in [0.25, 0.3) is 0 Å². The molecule has 1 fully saturated rings. The molecule has 13 heavy (non-hydrogen) atoms. The Morgan fingerprint density at radius 3 is 2.69 bits per heavy atom. The van der Waals surface area contributed by atoms with E-state index in [2.05, 4.69) is 31.4 Å². The third-order valence-electron chi connectivity index (χ3n) is 2.13. The zero-order valence-electron chi connectivity index (χ0n) is 8.81. The van der Waals surface area contributed by atoms with E-state index in [-0.39, 0.29) is 5.91 Å². The van der Waals surface area contributed by atoms with Crippen molar-refractivity contribution in [2.45, 2.75) is 39.7 Å². The van der Waals surface area contributed by atoms with Crippen LogP contribution in [0.25, 0.3) is 0 Å². The van der Waals surface area contributed by atoms with Gasteiger partial charge in [-0.2, -0.15) is 0 Å². The van der Waals surface area contributed by atoms with Crippen molar-refractivity contribution in [3.63, 3.8) is 0 Å². The first-order valence-corrected chi connectivity index (χ1v) is 4.97. The van der Waals surface area contributed by atoms with Crippen molar-refractivity contribution in [1.82, 2.24) is 10.6 Å². The lowest BCUT2D eigenvalue weighted by atomic mass is 9.97. The van der Waals surface area contributed by atoms with Crippen molar-refractivity contribution < 1.29 is 4.79 Å². The van der Waals surface area contributed by atoms with Gasteiger partial charge in [-0.05, 0) is 11.8 Å². The molecule has 1 aliphatic heterocycles. The Morgan fingerprint density at radius 1 is 1.54 bits per heavy atom. The summed E-state index contributed by atoms with van der Waals surface area (Å²) in [7, 11) is 0. The predicted octanol–water partition coefficient (Wildman–Crippen LogP) is 0.901. The smallest absolute Gasteiger partial charge is 0.220 e. The average molecular weight is 184 g/mol. The van der Waals surface area contributed by atoms with Gasteiger partial charge in [0.05, 0.1) is 0 Å². The zero-order valence-corrected chi connectivity index (χ0v) is 8.81. The molecule has 3 nitrogen and oxygen atoms in total. The summed E-state index contributed by atoms with van der Waals surface area (Å²) in [6, 6.07) is 0.356. The topological polar surface area (TPSA) is 41.1 Å². The molecule has 0 bridgehead atoms. The van der Waals surface area contributed by atoms with Gasteiger partial charge in [-0.3, -0.25) is 4.79 Å².